The number of aryl methyl sites for hydroxylation is 1. The number of hydrogen-bond donors (Lipinski definition) is 0. The summed E-state index contributed by atoms with van der Waals surface area (Å²) in [6, 6.07) is 9.11. The van der Waals surface area contributed by atoms with Crippen LogP contribution < -0.4 is 5.69 Å². The average molecular weight is 277 g/mol. The number of carbonyl (C=O) groups is 1. The first-order valence-electron chi connectivity index (χ1n) is 5.97. The van der Waals surface area contributed by atoms with Crippen molar-refractivity contribution in [2.24, 2.45) is 0 Å². The number of rotatable bonds is 5. The number of benzene rings is 1. The van der Waals surface area contributed by atoms with E-state index in [0.717, 1.165) is 0 Å². The van der Waals surface area contributed by atoms with Gasteiger partial charge < -0.3 is 0 Å². The third-order valence-corrected chi connectivity index (χ3v) is 2.92. The quantitative estimate of drug-likeness (QED) is 0.789. The maximum absolute atomic E-state index is 11.9. The molecule has 5 heteroatoms. The Bertz CT molecular complexity index is 623. The molecule has 4 nitrogen and oxygen atoms in total. The van der Waals surface area contributed by atoms with E-state index < -0.39 is 0 Å². The van der Waals surface area contributed by atoms with Gasteiger partial charge in [-0.2, -0.15) is 0 Å². The van der Waals surface area contributed by atoms with Gasteiger partial charge in [-0.3, -0.25) is 9.36 Å². The van der Waals surface area contributed by atoms with Gasteiger partial charge in [0.1, 0.15) is 0 Å². The molecule has 2 aromatic rings. The Hall–Kier alpha value is -1.94. The molecule has 98 valence electrons. The SMILES string of the molecule is O=C(CCCn1cc(Cl)cnc1=O)c1ccccc1. The highest BCUT2D eigenvalue weighted by Crippen LogP contribution is 2.07. The fraction of sp³-hybridized carbons (Fsp3) is 0.214. The lowest BCUT2D eigenvalue weighted by Gasteiger charge is -2.04. The second-order valence-corrected chi connectivity index (χ2v) is 4.58. The van der Waals surface area contributed by atoms with Gasteiger partial charge in [-0.15, -0.1) is 0 Å². The van der Waals surface area contributed by atoms with E-state index in [9.17, 15) is 9.59 Å². The van der Waals surface area contributed by atoms with Gasteiger partial charge in [-0.05, 0) is 6.42 Å². The number of nitrogens with zero attached hydrogens (tertiary/aromatic N) is 2. The summed E-state index contributed by atoms with van der Waals surface area (Å²) in [5, 5.41) is 0.411. The summed E-state index contributed by atoms with van der Waals surface area (Å²) in [5.41, 5.74) is 0.343. The Kier molecular flexibility index (Phi) is 4.47. The summed E-state index contributed by atoms with van der Waals surface area (Å²) in [6.45, 7) is 0.435. The zero-order valence-corrected chi connectivity index (χ0v) is 11.0. The van der Waals surface area contributed by atoms with E-state index in [4.69, 9.17) is 11.6 Å². The monoisotopic (exact) mass is 276 g/mol. The summed E-state index contributed by atoms with van der Waals surface area (Å²) < 4.78 is 1.42. The van der Waals surface area contributed by atoms with Crippen LogP contribution in [0.3, 0.4) is 0 Å². The molecule has 19 heavy (non-hydrogen) atoms. The normalized spacial score (nSPS) is 10.4. The van der Waals surface area contributed by atoms with Crippen LogP contribution >= 0.6 is 11.6 Å². The van der Waals surface area contributed by atoms with Gasteiger partial charge >= 0.3 is 5.69 Å². The van der Waals surface area contributed by atoms with Crippen LogP contribution in [0.1, 0.15) is 23.2 Å². The number of carbonyl (C=O) groups excluding carboxylic acids is 1. The van der Waals surface area contributed by atoms with Crippen LogP contribution in [-0.4, -0.2) is 15.3 Å². The van der Waals surface area contributed by atoms with Crippen molar-refractivity contribution < 1.29 is 4.79 Å². The van der Waals surface area contributed by atoms with E-state index in [1.807, 2.05) is 18.2 Å². The topological polar surface area (TPSA) is 52.0 Å². The minimum Gasteiger partial charge on any atom is -0.298 e. The Morgan fingerprint density at radius 2 is 2.00 bits per heavy atom. The van der Waals surface area contributed by atoms with Crippen molar-refractivity contribution in [3.05, 3.63) is 63.8 Å². The fourth-order valence-corrected chi connectivity index (χ4v) is 1.93. The van der Waals surface area contributed by atoms with Gasteiger partial charge in [0.15, 0.2) is 5.78 Å². The van der Waals surface area contributed by atoms with Gasteiger partial charge in [-0.1, -0.05) is 41.9 Å². The van der Waals surface area contributed by atoms with E-state index >= 15 is 0 Å². The summed E-state index contributed by atoms with van der Waals surface area (Å²) in [5.74, 6) is 0.0728. The van der Waals surface area contributed by atoms with Crippen LogP contribution in [0.25, 0.3) is 0 Å². The predicted molar refractivity (Wildman–Crippen MR) is 73.5 cm³/mol. The van der Waals surface area contributed by atoms with Crippen LogP contribution in [0.2, 0.25) is 5.02 Å². The molecule has 1 heterocycles. The van der Waals surface area contributed by atoms with Crippen LogP contribution in [0.15, 0.2) is 47.5 Å². The largest absolute Gasteiger partial charge is 0.347 e. The molecule has 1 aromatic carbocycles. The van der Waals surface area contributed by atoms with Crippen molar-refractivity contribution in [2.45, 2.75) is 19.4 Å². The van der Waals surface area contributed by atoms with Gasteiger partial charge in [0.05, 0.1) is 11.2 Å². The number of hydrogen-bond acceptors (Lipinski definition) is 3. The minimum absolute atomic E-state index is 0.0728. The zero-order valence-electron chi connectivity index (χ0n) is 10.3. The van der Waals surface area contributed by atoms with E-state index in [-0.39, 0.29) is 11.5 Å². The van der Waals surface area contributed by atoms with Gasteiger partial charge in [0, 0.05) is 24.7 Å². The molecule has 0 saturated heterocycles. The molecule has 0 fully saturated rings. The van der Waals surface area contributed by atoms with Gasteiger partial charge in [0.2, 0.25) is 0 Å². The van der Waals surface area contributed by atoms with Crippen molar-refractivity contribution >= 4 is 17.4 Å². The third kappa shape index (κ3) is 3.76. The van der Waals surface area contributed by atoms with Gasteiger partial charge in [0.25, 0.3) is 0 Å². The first-order chi connectivity index (χ1) is 9.16. The molecule has 0 radical (unpaired) electrons. The maximum atomic E-state index is 11.9. The summed E-state index contributed by atoms with van der Waals surface area (Å²) in [6.07, 6.45) is 3.82. The molecule has 0 amide bonds. The lowest BCUT2D eigenvalue weighted by Crippen LogP contribution is -2.22. The summed E-state index contributed by atoms with van der Waals surface area (Å²) >= 11 is 5.77. The standard InChI is InChI=1S/C14H13ClN2O2/c15-12-9-16-14(19)17(10-12)8-4-7-13(18)11-5-2-1-3-6-11/h1-3,5-6,9-10H,4,7-8H2. The lowest BCUT2D eigenvalue weighted by atomic mass is 10.1. The van der Waals surface area contributed by atoms with Crippen molar-refractivity contribution in [1.82, 2.24) is 9.55 Å². The zero-order chi connectivity index (χ0) is 13.7. The first-order valence-corrected chi connectivity index (χ1v) is 6.35. The van der Waals surface area contributed by atoms with Crippen molar-refractivity contribution in [3.63, 3.8) is 0 Å². The molecule has 0 saturated carbocycles. The Morgan fingerprint density at radius 3 is 2.74 bits per heavy atom. The van der Waals surface area contributed by atoms with E-state index in [1.165, 1.54) is 17.0 Å². The molecule has 2 rings (SSSR count). The molecule has 1 aromatic heterocycles. The summed E-state index contributed by atoms with van der Waals surface area (Å²) in [7, 11) is 0. The highest BCUT2D eigenvalue weighted by atomic mass is 35.5. The molecule has 0 spiro atoms. The minimum atomic E-state index is -0.350. The van der Waals surface area contributed by atoms with E-state index in [1.54, 1.807) is 12.1 Å². The molecule has 0 aliphatic heterocycles. The van der Waals surface area contributed by atoms with E-state index in [0.29, 0.717) is 30.0 Å². The highest BCUT2D eigenvalue weighted by molar-refractivity contribution is 6.30. The van der Waals surface area contributed by atoms with Crippen molar-refractivity contribution in [2.75, 3.05) is 0 Å². The smallest absolute Gasteiger partial charge is 0.298 e. The molecule has 0 aliphatic carbocycles. The van der Waals surface area contributed by atoms with Crippen LogP contribution in [0.5, 0.6) is 0 Å². The summed E-state index contributed by atoms with van der Waals surface area (Å²) in [4.78, 5) is 26.9. The lowest BCUT2D eigenvalue weighted by molar-refractivity contribution is 0.0978. The van der Waals surface area contributed by atoms with Crippen molar-refractivity contribution in [1.29, 1.82) is 0 Å². The molecule has 0 aliphatic rings. The van der Waals surface area contributed by atoms with Crippen molar-refractivity contribution in [3.8, 4) is 0 Å². The van der Waals surface area contributed by atoms with E-state index in [2.05, 4.69) is 4.98 Å². The molecule has 0 N–H and O–H groups in total. The Morgan fingerprint density at radius 1 is 1.26 bits per heavy atom. The number of ketones is 1. The maximum Gasteiger partial charge on any atom is 0.347 e. The van der Waals surface area contributed by atoms with Gasteiger partial charge in [-0.25, -0.2) is 9.78 Å². The highest BCUT2D eigenvalue weighted by Gasteiger charge is 2.05. The third-order valence-electron chi connectivity index (χ3n) is 2.72. The Labute approximate surface area is 115 Å². The number of aromatic nitrogens is 2. The van der Waals surface area contributed by atoms with Crippen LogP contribution in [0, 0.1) is 0 Å². The second kappa shape index (κ2) is 6.29. The van der Waals surface area contributed by atoms with Crippen LogP contribution in [-0.2, 0) is 6.54 Å². The molecule has 0 atom stereocenters. The molecule has 0 unspecified atom stereocenters. The fourth-order valence-electron chi connectivity index (χ4n) is 1.77. The molecular formula is C14H13ClN2O2. The predicted octanol–water partition coefficient (Wildman–Crippen LogP) is 2.56. The first kappa shape index (κ1) is 13.5. The second-order valence-electron chi connectivity index (χ2n) is 4.14. The average Bonchev–Trinajstić information content (AvgIpc) is 2.43. The van der Waals surface area contributed by atoms with Crippen LogP contribution in [0.4, 0.5) is 0 Å². The number of halogens is 1. The Balaban J connectivity index is 1.92. The molecular weight excluding hydrogens is 264 g/mol. The molecule has 0 bridgehead atoms. The number of Topliss-reactive ketones (excluding diaryl/α,β-unsaturated/α-hetero) is 1.